The molecular formula is C24H23NS2. The molecule has 3 rings (SSSR count). The van der Waals surface area contributed by atoms with Gasteiger partial charge < -0.3 is 5.32 Å². The summed E-state index contributed by atoms with van der Waals surface area (Å²) in [6.45, 7) is 6.34. The van der Waals surface area contributed by atoms with Crippen LogP contribution in [0.1, 0.15) is 17.4 Å². The average Bonchev–Trinajstić information content (AvgIpc) is 3.23. The number of hydrogen-bond acceptors (Lipinski definition) is 3. The number of thioether (sulfide) groups is 1. The number of nitrogens with one attached hydrogen (secondary N) is 1. The number of thiophene rings is 1. The molecule has 2 atom stereocenters. The van der Waals surface area contributed by atoms with Gasteiger partial charge >= 0.3 is 0 Å². The van der Waals surface area contributed by atoms with E-state index < -0.39 is 0 Å². The van der Waals surface area contributed by atoms with Gasteiger partial charge in [-0.1, -0.05) is 42.3 Å². The van der Waals surface area contributed by atoms with Crippen LogP contribution in [0, 0.1) is 12.3 Å². The molecule has 136 valence electrons. The molecule has 0 fully saturated rings. The van der Waals surface area contributed by atoms with Crippen molar-refractivity contribution in [1.82, 2.24) is 5.32 Å². The van der Waals surface area contributed by atoms with Crippen molar-refractivity contribution < 1.29 is 0 Å². The van der Waals surface area contributed by atoms with Crippen molar-refractivity contribution in [2.75, 3.05) is 7.05 Å². The van der Waals surface area contributed by atoms with Gasteiger partial charge in [-0.25, -0.2) is 0 Å². The van der Waals surface area contributed by atoms with Crippen LogP contribution in [-0.2, 0) is 5.54 Å². The first kappa shape index (κ1) is 19.5. The Kier molecular flexibility index (Phi) is 6.23. The van der Waals surface area contributed by atoms with Gasteiger partial charge in [0.15, 0.2) is 0 Å². The van der Waals surface area contributed by atoms with Crippen molar-refractivity contribution in [3.05, 3.63) is 89.1 Å². The van der Waals surface area contributed by atoms with Crippen molar-refractivity contribution in [1.29, 1.82) is 0 Å². The summed E-state index contributed by atoms with van der Waals surface area (Å²) in [4.78, 5) is 2.52. The fourth-order valence-electron chi connectivity index (χ4n) is 3.00. The molecule has 1 N–H and O–H groups in total. The molecule has 0 aliphatic rings. The topological polar surface area (TPSA) is 12.0 Å². The second kappa shape index (κ2) is 8.63. The maximum atomic E-state index is 5.55. The monoisotopic (exact) mass is 389 g/mol. The molecule has 0 radical (unpaired) electrons. The molecule has 0 bridgehead atoms. The van der Waals surface area contributed by atoms with Gasteiger partial charge in [0.2, 0.25) is 0 Å². The highest BCUT2D eigenvalue weighted by atomic mass is 32.2. The third-order valence-corrected chi connectivity index (χ3v) is 7.41. The van der Waals surface area contributed by atoms with E-state index in [0.29, 0.717) is 0 Å². The first-order valence-corrected chi connectivity index (χ1v) is 10.6. The van der Waals surface area contributed by atoms with Gasteiger partial charge in [-0.05, 0) is 60.8 Å². The quantitative estimate of drug-likeness (QED) is 0.294. The smallest absolute Gasteiger partial charge is 0.0656 e. The Morgan fingerprint density at radius 2 is 1.93 bits per heavy atom. The molecule has 0 saturated heterocycles. The molecule has 1 aromatic heterocycles. The second-order valence-electron chi connectivity index (χ2n) is 6.46. The van der Waals surface area contributed by atoms with Gasteiger partial charge in [0, 0.05) is 15.3 Å². The molecule has 1 heterocycles. The maximum absolute atomic E-state index is 5.55. The van der Waals surface area contributed by atoms with Crippen LogP contribution in [0.5, 0.6) is 0 Å². The van der Waals surface area contributed by atoms with Crippen molar-refractivity contribution in [3.63, 3.8) is 0 Å². The van der Waals surface area contributed by atoms with Crippen LogP contribution >= 0.6 is 23.1 Å². The normalized spacial score (nSPS) is 14.1. The standard InChI is InChI=1S/C24H23NS2/c1-5-18-11-10-12-19(15-18)20-16-23(26-17-20)24(3,25-4)22(6-2)27-21-13-8-7-9-14-21/h1,6-17,22,25H,2H2,3-4H3/t22?,24-/m0/s1. The van der Waals surface area contributed by atoms with E-state index in [1.165, 1.54) is 15.3 Å². The lowest BCUT2D eigenvalue weighted by Crippen LogP contribution is -2.44. The molecule has 0 saturated carbocycles. The van der Waals surface area contributed by atoms with Gasteiger partial charge in [0.05, 0.1) is 10.8 Å². The third-order valence-electron chi connectivity index (χ3n) is 4.78. The minimum Gasteiger partial charge on any atom is -0.309 e. The average molecular weight is 390 g/mol. The van der Waals surface area contributed by atoms with Gasteiger partial charge in [0.25, 0.3) is 0 Å². The Morgan fingerprint density at radius 3 is 2.59 bits per heavy atom. The van der Waals surface area contributed by atoms with Crippen LogP contribution in [0.4, 0.5) is 0 Å². The van der Waals surface area contributed by atoms with Gasteiger partial charge in [-0.3, -0.25) is 0 Å². The summed E-state index contributed by atoms with van der Waals surface area (Å²) in [7, 11) is 2.01. The summed E-state index contributed by atoms with van der Waals surface area (Å²) in [5.74, 6) is 2.71. The Hall–Kier alpha value is -2.25. The summed E-state index contributed by atoms with van der Waals surface area (Å²) in [6, 6.07) is 20.9. The van der Waals surface area contributed by atoms with Crippen LogP contribution in [0.15, 0.2) is 83.6 Å². The van der Waals surface area contributed by atoms with Crippen molar-refractivity contribution in [2.24, 2.45) is 0 Å². The molecule has 27 heavy (non-hydrogen) atoms. The summed E-state index contributed by atoms with van der Waals surface area (Å²) >= 11 is 3.59. The minimum atomic E-state index is -0.227. The zero-order valence-electron chi connectivity index (χ0n) is 15.6. The van der Waals surface area contributed by atoms with E-state index in [-0.39, 0.29) is 10.8 Å². The van der Waals surface area contributed by atoms with E-state index in [1.54, 1.807) is 11.3 Å². The van der Waals surface area contributed by atoms with E-state index in [4.69, 9.17) is 6.42 Å². The fourth-order valence-corrected chi connectivity index (χ4v) is 5.39. The van der Waals surface area contributed by atoms with E-state index in [9.17, 15) is 0 Å². The molecule has 3 aromatic rings. The Labute approximate surface area is 170 Å². The zero-order valence-corrected chi connectivity index (χ0v) is 17.2. The molecule has 0 amide bonds. The predicted octanol–water partition coefficient (Wildman–Crippen LogP) is 6.18. The van der Waals surface area contributed by atoms with Crippen LogP contribution in [-0.4, -0.2) is 12.3 Å². The maximum Gasteiger partial charge on any atom is 0.0656 e. The first-order chi connectivity index (χ1) is 13.1. The summed E-state index contributed by atoms with van der Waals surface area (Å²) in [5.41, 5.74) is 3.02. The Morgan fingerprint density at radius 1 is 1.15 bits per heavy atom. The molecule has 2 aromatic carbocycles. The van der Waals surface area contributed by atoms with Gasteiger partial charge in [-0.2, -0.15) is 0 Å². The van der Waals surface area contributed by atoms with Crippen LogP contribution in [0.3, 0.4) is 0 Å². The molecule has 0 spiro atoms. The van der Waals surface area contributed by atoms with E-state index >= 15 is 0 Å². The van der Waals surface area contributed by atoms with Crippen molar-refractivity contribution >= 4 is 23.1 Å². The van der Waals surface area contributed by atoms with Crippen molar-refractivity contribution in [2.45, 2.75) is 22.6 Å². The number of benzene rings is 2. The highest BCUT2D eigenvalue weighted by Gasteiger charge is 2.35. The van der Waals surface area contributed by atoms with Crippen LogP contribution in [0.2, 0.25) is 0 Å². The summed E-state index contributed by atoms with van der Waals surface area (Å²) in [5, 5.41) is 5.93. The predicted molar refractivity (Wildman–Crippen MR) is 120 cm³/mol. The zero-order chi connectivity index (χ0) is 19.3. The highest BCUT2D eigenvalue weighted by molar-refractivity contribution is 8.00. The largest absolute Gasteiger partial charge is 0.309 e. The Bertz CT molecular complexity index is 952. The van der Waals surface area contributed by atoms with E-state index in [0.717, 1.165) is 11.1 Å². The molecule has 0 aliphatic carbocycles. The molecule has 3 heteroatoms. The van der Waals surface area contributed by atoms with E-state index in [2.05, 4.69) is 72.6 Å². The summed E-state index contributed by atoms with van der Waals surface area (Å²) < 4.78 is 0. The van der Waals surface area contributed by atoms with Gasteiger partial charge in [0.1, 0.15) is 0 Å². The summed E-state index contributed by atoms with van der Waals surface area (Å²) in [6.07, 6.45) is 7.59. The van der Waals surface area contributed by atoms with E-state index in [1.807, 2.05) is 43.1 Å². The lowest BCUT2D eigenvalue weighted by atomic mass is 9.94. The highest BCUT2D eigenvalue weighted by Crippen LogP contribution is 2.41. The molecular weight excluding hydrogens is 366 g/mol. The van der Waals surface area contributed by atoms with Gasteiger partial charge in [-0.15, -0.1) is 36.1 Å². The van der Waals surface area contributed by atoms with Crippen molar-refractivity contribution in [3.8, 4) is 23.5 Å². The minimum absolute atomic E-state index is 0.188. The number of rotatable bonds is 7. The number of terminal acetylenes is 1. The lowest BCUT2D eigenvalue weighted by Gasteiger charge is -2.35. The molecule has 1 unspecified atom stereocenters. The third kappa shape index (κ3) is 4.20. The first-order valence-electron chi connectivity index (χ1n) is 8.80. The molecule has 1 nitrogen and oxygen atoms in total. The molecule has 0 aliphatic heterocycles. The second-order valence-corrected chi connectivity index (χ2v) is 8.59. The van der Waals surface area contributed by atoms with Crippen LogP contribution in [0.25, 0.3) is 11.1 Å². The van der Waals surface area contributed by atoms with Crippen LogP contribution < -0.4 is 5.32 Å². The fraction of sp³-hybridized carbons (Fsp3) is 0.167. The number of hydrogen-bond donors (Lipinski definition) is 1. The Balaban J connectivity index is 1.93. The lowest BCUT2D eigenvalue weighted by molar-refractivity contribution is 0.424. The SMILES string of the molecule is C#Cc1cccc(-c2csc([C@@](C)(NC)C(C=C)Sc3ccccc3)c2)c1.